The van der Waals surface area contributed by atoms with Crippen LogP contribution in [0.2, 0.25) is 0 Å². The monoisotopic (exact) mass is 313 g/mol. The van der Waals surface area contributed by atoms with Gasteiger partial charge in [0.25, 0.3) is 0 Å². The second-order valence-corrected chi connectivity index (χ2v) is 6.61. The highest BCUT2D eigenvalue weighted by molar-refractivity contribution is 6.41. The SMILES string of the molecule is CC(=O)C1=NN(c2ccccc2)[C@@]2(N3CCOCC3)CCC[C@H]12. The molecule has 2 fully saturated rings. The number of carbonyl (C=O) groups excluding carboxylic acids is 1. The molecule has 0 amide bonds. The fourth-order valence-electron chi connectivity index (χ4n) is 4.47. The molecule has 23 heavy (non-hydrogen) atoms. The Hall–Kier alpha value is -1.72. The van der Waals surface area contributed by atoms with Crippen molar-refractivity contribution in [1.82, 2.24) is 4.90 Å². The quantitative estimate of drug-likeness (QED) is 0.859. The first-order valence-corrected chi connectivity index (χ1v) is 8.51. The summed E-state index contributed by atoms with van der Waals surface area (Å²) >= 11 is 0. The Morgan fingerprint density at radius 1 is 1.26 bits per heavy atom. The maximum atomic E-state index is 12.2. The molecule has 0 N–H and O–H groups in total. The van der Waals surface area contributed by atoms with Crippen molar-refractivity contribution in [3.63, 3.8) is 0 Å². The molecule has 0 spiro atoms. The Morgan fingerprint density at radius 3 is 2.70 bits per heavy atom. The van der Waals surface area contributed by atoms with Crippen molar-refractivity contribution in [3.05, 3.63) is 30.3 Å². The molecular formula is C18H23N3O2. The minimum absolute atomic E-state index is 0.105. The van der Waals surface area contributed by atoms with Gasteiger partial charge in [0.15, 0.2) is 5.78 Å². The zero-order chi connectivity index (χ0) is 15.9. The van der Waals surface area contributed by atoms with E-state index in [9.17, 15) is 4.79 Å². The van der Waals surface area contributed by atoms with Crippen LogP contribution >= 0.6 is 0 Å². The summed E-state index contributed by atoms with van der Waals surface area (Å²) in [4.78, 5) is 14.7. The lowest BCUT2D eigenvalue weighted by atomic mass is 9.88. The third-order valence-electron chi connectivity index (χ3n) is 5.42. The summed E-state index contributed by atoms with van der Waals surface area (Å²) in [6, 6.07) is 10.3. The van der Waals surface area contributed by atoms with Crippen LogP contribution in [0.1, 0.15) is 26.2 Å². The largest absolute Gasteiger partial charge is 0.379 e. The van der Waals surface area contributed by atoms with E-state index in [0.717, 1.165) is 57.0 Å². The predicted octanol–water partition coefficient (Wildman–Crippen LogP) is 2.28. The number of hydrogen-bond acceptors (Lipinski definition) is 5. The molecule has 2 heterocycles. The molecule has 4 rings (SSSR count). The smallest absolute Gasteiger partial charge is 0.176 e. The van der Waals surface area contributed by atoms with Crippen LogP contribution in [0.5, 0.6) is 0 Å². The number of ether oxygens (including phenoxy) is 1. The topological polar surface area (TPSA) is 45.1 Å². The first-order valence-electron chi connectivity index (χ1n) is 8.51. The molecule has 5 nitrogen and oxygen atoms in total. The van der Waals surface area contributed by atoms with Gasteiger partial charge in [0.05, 0.1) is 18.9 Å². The number of hydrogen-bond donors (Lipinski definition) is 0. The molecule has 1 aromatic rings. The van der Waals surface area contributed by atoms with Crippen molar-refractivity contribution in [2.75, 3.05) is 31.3 Å². The van der Waals surface area contributed by atoms with Crippen LogP contribution in [0.4, 0.5) is 5.69 Å². The maximum Gasteiger partial charge on any atom is 0.176 e. The molecule has 0 bridgehead atoms. The Labute approximate surface area is 136 Å². The number of carbonyl (C=O) groups is 1. The summed E-state index contributed by atoms with van der Waals surface area (Å²) in [7, 11) is 0. The van der Waals surface area contributed by atoms with E-state index < -0.39 is 0 Å². The van der Waals surface area contributed by atoms with Crippen molar-refractivity contribution >= 4 is 17.2 Å². The number of hydrazone groups is 1. The number of ketones is 1. The van der Waals surface area contributed by atoms with E-state index in [2.05, 4.69) is 22.0 Å². The number of fused-ring (bicyclic) bond motifs is 1. The van der Waals surface area contributed by atoms with E-state index in [1.807, 2.05) is 18.2 Å². The highest BCUT2D eigenvalue weighted by Crippen LogP contribution is 2.49. The van der Waals surface area contributed by atoms with Gasteiger partial charge in [0, 0.05) is 25.9 Å². The summed E-state index contributed by atoms with van der Waals surface area (Å²) in [6.07, 6.45) is 3.23. The van der Waals surface area contributed by atoms with Gasteiger partial charge in [-0.1, -0.05) is 18.2 Å². The van der Waals surface area contributed by atoms with Gasteiger partial charge in [-0.25, -0.2) is 5.01 Å². The summed E-state index contributed by atoms with van der Waals surface area (Å²) in [5, 5.41) is 6.94. The fourth-order valence-corrected chi connectivity index (χ4v) is 4.47. The molecule has 122 valence electrons. The molecule has 0 radical (unpaired) electrons. The number of para-hydroxylation sites is 1. The van der Waals surface area contributed by atoms with E-state index in [0.29, 0.717) is 0 Å². The van der Waals surface area contributed by atoms with Gasteiger partial charge in [-0.3, -0.25) is 9.69 Å². The molecule has 1 aromatic carbocycles. The number of rotatable bonds is 3. The standard InChI is InChI=1S/C18H23N3O2/c1-14(22)17-16-8-5-9-18(16,20-10-12-23-13-11-20)21(19-17)15-6-3-2-4-7-15/h2-4,6-7,16H,5,8-13H2,1H3/t16-,18+/m1/s1. The highest BCUT2D eigenvalue weighted by atomic mass is 16.5. The van der Waals surface area contributed by atoms with Gasteiger partial charge >= 0.3 is 0 Å². The van der Waals surface area contributed by atoms with Crippen molar-refractivity contribution in [2.45, 2.75) is 31.8 Å². The van der Waals surface area contributed by atoms with Gasteiger partial charge in [-0.05, 0) is 31.4 Å². The minimum Gasteiger partial charge on any atom is -0.379 e. The molecule has 2 aliphatic heterocycles. The summed E-state index contributed by atoms with van der Waals surface area (Å²) < 4.78 is 5.56. The van der Waals surface area contributed by atoms with Gasteiger partial charge in [0.1, 0.15) is 11.4 Å². The van der Waals surface area contributed by atoms with Crippen LogP contribution in [0, 0.1) is 5.92 Å². The van der Waals surface area contributed by atoms with Crippen LogP contribution in [0.15, 0.2) is 35.4 Å². The van der Waals surface area contributed by atoms with E-state index in [-0.39, 0.29) is 17.4 Å². The van der Waals surface area contributed by atoms with Crippen molar-refractivity contribution < 1.29 is 9.53 Å². The van der Waals surface area contributed by atoms with Crippen molar-refractivity contribution in [3.8, 4) is 0 Å². The molecule has 0 unspecified atom stereocenters. The molecule has 1 saturated heterocycles. The second kappa shape index (κ2) is 5.73. The summed E-state index contributed by atoms with van der Waals surface area (Å²) in [5.41, 5.74) is 1.63. The Balaban J connectivity index is 1.81. The molecule has 1 saturated carbocycles. The van der Waals surface area contributed by atoms with E-state index in [4.69, 9.17) is 9.84 Å². The van der Waals surface area contributed by atoms with Gasteiger partial charge in [-0.15, -0.1) is 0 Å². The van der Waals surface area contributed by atoms with Crippen LogP contribution in [0.25, 0.3) is 0 Å². The van der Waals surface area contributed by atoms with E-state index >= 15 is 0 Å². The van der Waals surface area contributed by atoms with Gasteiger partial charge in [-0.2, -0.15) is 5.10 Å². The average molecular weight is 313 g/mol. The maximum absolute atomic E-state index is 12.2. The number of nitrogens with zero attached hydrogens (tertiary/aromatic N) is 3. The average Bonchev–Trinajstić information content (AvgIpc) is 3.14. The normalized spacial score (nSPS) is 31.1. The fraction of sp³-hybridized carbons (Fsp3) is 0.556. The van der Waals surface area contributed by atoms with Gasteiger partial charge in [0.2, 0.25) is 0 Å². The summed E-state index contributed by atoms with van der Waals surface area (Å²) in [5.74, 6) is 0.311. The van der Waals surface area contributed by atoms with Gasteiger partial charge < -0.3 is 4.74 Å². The van der Waals surface area contributed by atoms with Crippen molar-refractivity contribution in [2.24, 2.45) is 11.0 Å². The van der Waals surface area contributed by atoms with E-state index in [1.54, 1.807) is 6.92 Å². The molecule has 0 aromatic heterocycles. The Morgan fingerprint density at radius 2 is 2.00 bits per heavy atom. The second-order valence-electron chi connectivity index (χ2n) is 6.61. The molecule has 3 aliphatic rings. The van der Waals surface area contributed by atoms with Crippen LogP contribution in [-0.4, -0.2) is 48.4 Å². The zero-order valence-corrected chi connectivity index (χ0v) is 13.6. The van der Waals surface area contributed by atoms with Crippen molar-refractivity contribution in [1.29, 1.82) is 0 Å². The Kier molecular flexibility index (Phi) is 3.70. The molecule has 5 heteroatoms. The van der Waals surface area contributed by atoms with Crippen LogP contribution < -0.4 is 5.01 Å². The third kappa shape index (κ3) is 2.22. The first kappa shape index (κ1) is 14.8. The lowest BCUT2D eigenvalue weighted by Crippen LogP contribution is -2.62. The molecular weight excluding hydrogens is 290 g/mol. The lowest BCUT2D eigenvalue weighted by Gasteiger charge is -2.48. The third-order valence-corrected chi connectivity index (χ3v) is 5.42. The first-order chi connectivity index (χ1) is 11.2. The predicted molar refractivity (Wildman–Crippen MR) is 89.5 cm³/mol. The van der Waals surface area contributed by atoms with E-state index in [1.165, 1.54) is 0 Å². The number of morpholine rings is 1. The lowest BCUT2D eigenvalue weighted by molar-refractivity contribution is -0.111. The van der Waals surface area contributed by atoms with Crippen LogP contribution in [0.3, 0.4) is 0 Å². The Bertz CT molecular complexity index is 624. The van der Waals surface area contributed by atoms with Crippen LogP contribution in [-0.2, 0) is 9.53 Å². The highest BCUT2D eigenvalue weighted by Gasteiger charge is 2.58. The minimum atomic E-state index is -0.188. The zero-order valence-electron chi connectivity index (χ0n) is 13.6. The number of anilines is 1. The molecule has 2 atom stereocenters. The number of Topliss-reactive ketones (excluding diaryl/α,β-unsaturated/α-hetero) is 1. The number of benzene rings is 1. The molecule has 1 aliphatic carbocycles. The summed E-state index contributed by atoms with van der Waals surface area (Å²) in [6.45, 7) is 4.97.